The number of tetrazole rings is 1. The highest BCUT2D eigenvalue weighted by molar-refractivity contribution is 7.99. The summed E-state index contributed by atoms with van der Waals surface area (Å²) in [6, 6.07) is 7.19. The fourth-order valence-electron chi connectivity index (χ4n) is 3.14. The Labute approximate surface area is 145 Å². The molecule has 2 heterocycles. The zero-order chi connectivity index (χ0) is 17.1. The lowest BCUT2D eigenvalue weighted by atomic mass is 9.98. The van der Waals surface area contributed by atoms with E-state index in [1.807, 2.05) is 4.90 Å². The standard InChI is InChI=1S/C16H21N5O2S/c1-11-4-3-5-12(2)20(11)15(23)10-24-16-17-18-19-21(16)13-6-8-14(22)9-7-13/h6-9,11-12,22H,3-5,10H2,1-2H3/t11-,12-/m1/s1. The van der Waals surface area contributed by atoms with Gasteiger partial charge in [0.2, 0.25) is 11.1 Å². The normalized spacial score (nSPS) is 21.0. The van der Waals surface area contributed by atoms with Crippen molar-refractivity contribution in [2.75, 3.05) is 5.75 Å². The topological polar surface area (TPSA) is 84.1 Å². The molecular weight excluding hydrogens is 326 g/mol. The number of phenols is 1. The van der Waals surface area contributed by atoms with Gasteiger partial charge in [-0.15, -0.1) is 5.10 Å². The van der Waals surface area contributed by atoms with Crippen LogP contribution >= 0.6 is 11.8 Å². The zero-order valence-electron chi connectivity index (χ0n) is 13.8. The third-order valence-corrected chi connectivity index (χ3v) is 5.25. The summed E-state index contributed by atoms with van der Waals surface area (Å²) in [5, 5.41) is 21.6. The molecule has 2 aromatic rings. The maximum absolute atomic E-state index is 12.6. The molecule has 2 atom stereocenters. The molecule has 1 aliphatic heterocycles. The van der Waals surface area contributed by atoms with Crippen LogP contribution < -0.4 is 0 Å². The van der Waals surface area contributed by atoms with Crippen molar-refractivity contribution in [3.05, 3.63) is 24.3 Å². The summed E-state index contributed by atoms with van der Waals surface area (Å²) in [6.45, 7) is 4.22. The summed E-state index contributed by atoms with van der Waals surface area (Å²) in [5.74, 6) is 0.622. The first-order chi connectivity index (χ1) is 11.6. The zero-order valence-corrected chi connectivity index (χ0v) is 14.6. The van der Waals surface area contributed by atoms with Gasteiger partial charge < -0.3 is 10.0 Å². The van der Waals surface area contributed by atoms with Gasteiger partial charge in [0, 0.05) is 12.1 Å². The molecule has 0 unspecified atom stereocenters. The molecular formula is C16H21N5O2S. The monoisotopic (exact) mass is 347 g/mol. The van der Waals surface area contributed by atoms with Crippen LogP contribution in [0.25, 0.3) is 5.69 Å². The molecule has 1 fully saturated rings. The number of hydrogen-bond donors (Lipinski definition) is 1. The van der Waals surface area contributed by atoms with Gasteiger partial charge in [-0.2, -0.15) is 4.68 Å². The van der Waals surface area contributed by atoms with E-state index in [1.165, 1.54) is 18.2 Å². The molecule has 3 rings (SSSR count). The van der Waals surface area contributed by atoms with Gasteiger partial charge >= 0.3 is 0 Å². The summed E-state index contributed by atoms with van der Waals surface area (Å²) in [7, 11) is 0. The molecule has 1 aromatic carbocycles. The van der Waals surface area contributed by atoms with Crippen LogP contribution in [0.5, 0.6) is 5.75 Å². The van der Waals surface area contributed by atoms with E-state index in [2.05, 4.69) is 29.4 Å². The predicted octanol–water partition coefficient (Wildman–Crippen LogP) is 2.25. The van der Waals surface area contributed by atoms with Gasteiger partial charge in [0.05, 0.1) is 11.4 Å². The fourth-order valence-corrected chi connectivity index (χ4v) is 3.90. The molecule has 24 heavy (non-hydrogen) atoms. The molecule has 1 aliphatic rings. The lowest BCUT2D eigenvalue weighted by molar-refractivity contribution is -0.134. The maximum Gasteiger partial charge on any atom is 0.233 e. The fraction of sp³-hybridized carbons (Fsp3) is 0.500. The molecule has 128 valence electrons. The van der Waals surface area contributed by atoms with Gasteiger partial charge in [-0.3, -0.25) is 4.79 Å². The van der Waals surface area contributed by atoms with E-state index >= 15 is 0 Å². The minimum atomic E-state index is 0.125. The van der Waals surface area contributed by atoms with Crippen molar-refractivity contribution >= 4 is 17.7 Å². The maximum atomic E-state index is 12.6. The van der Waals surface area contributed by atoms with Crippen molar-refractivity contribution in [1.29, 1.82) is 0 Å². The van der Waals surface area contributed by atoms with Crippen LogP contribution in [0.15, 0.2) is 29.4 Å². The second-order valence-corrected chi connectivity index (χ2v) is 7.05. The van der Waals surface area contributed by atoms with Crippen LogP contribution in [0.2, 0.25) is 0 Å². The van der Waals surface area contributed by atoms with Crippen molar-refractivity contribution in [2.45, 2.75) is 50.4 Å². The molecule has 7 nitrogen and oxygen atoms in total. The van der Waals surface area contributed by atoms with Crippen molar-refractivity contribution in [3.63, 3.8) is 0 Å². The number of phenolic OH excluding ortho intramolecular Hbond substituents is 1. The number of rotatable bonds is 4. The number of carbonyl (C=O) groups is 1. The molecule has 0 bridgehead atoms. The molecule has 0 saturated carbocycles. The van der Waals surface area contributed by atoms with Crippen molar-refractivity contribution in [2.24, 2.45) is 0 Å². The number of aromatic hydroxyl groups is 1. The van der Waals surface area contributed by atoms with Crippen LogP contribution in [0.4, 0.5) is 0 Å². The van der Waals surface area contributed by atoms with Gasteiger partial charge in [-0.1, -0.05) is 11.8 Å². The number of thioether (sulfide) groups is 1. The number of piperidine rings is 1. The Bertz CT molecular complexity index is 693. The highest BCUT2D eigenvalue weighted by Gasteiger charge is 2.29. The SMILES string of the molecule is C[C@@H]1CCC[C@@H](C)N1C(=O)CSc1nnnn1-c1ccc(O)cc1. The summed E-state index contributed by atoms with van der Waals surface area (Å²) in [5.41, 5.74) is 0.743. The van der Waals surface area contributed by atoms with Gasteiger partial charge in [0.1, 0.15) is 5.75 Å². The van der Waals surface area contributed by atoms with Crippen molar-refractivity contribution in [1.82, 2.24) is 25.1 Å². The summed E-state index contributed by atoms with van der Waals surface area (Å²) >= 11 is 1.33. The molecule has 0 radical (unpaired) electrons. The Morgan fingerprint density at radius 2 is 1.92 bits per heavy atom. The van der Waals surface area contributed by atoms with E-state index in [4.69, 9.17) is 0 Å². The first-order valence-electron chi connectivity index (χ1n) is 8.08. The van der Waals surface area contributed by atoms with E-state index in [-0.39, 0.29) is 23.7 Å². The van der Waals surface area contributed by atoms with Gasteiger partial charge in [-0.25, -0.2) is 0 Å². The summed E-state index contributed by atoms with van der Waals surface area (Å²) in [6.07, 6.45) is 3.30. The minimum Gasteiger partial charge on any atom is -0.508 e. The van der Waals surface area contributed by atoms with E-state index in [0.717, 1.165) is 18.5 Å². The second kappa shape index (κ2) is 7.21. The summed E-state index contributed by atoms with van der Waals surface area (Å²) < 4.78 is 1.57. The number of likely N-dealkylation sites (tertiary alicyclic amines) is 1. The van der Waals surface area contributed by atoms with E-state index in [0.29, 0.717) is 10.9 Å². The number of amides is 1. The highest BCUT2D eigenvalue weighted by atomic mass is 32.2. The molecule has 1 N–H and O–H groups in total. The smallest absolute Gasteiger partial charge is 0.233 e. The Morgan fingerprint density at radius 1 is 1.25 bits per heavy atom. The molecule has 1 saturated heterocycles. The molecule has 8 heteroatoms. The van der Waals surface area contributed by atoms with Crippen LogP contribution in [-0.4, -0.2) is 54.0 Å². The quantitative estimate of drug-likeness (QED) is 0.854. The van der Waals surface area contributed by atoms with Gasteiger partial charge in [-0.05, 0) is 67.8 Å². The molecule has 0 spiro atoms. The molecule has 1 aromatic heterocycles. The van der Waals surface area contributed by atoms with Crippen LogP contribution in [0, 0.1) is 0 Å². The number of aromatic nitrogens is 4. The second-order valence-electron chi connectivity index (χ2n) is 6.11. The Hall–Kier alpha value is -2.09. The van der Waals surface area contributed by atoms with Gasteiger partial charge in [0.15, 0.2) is 0 Å². The number of carbonyl (C=O) groups excluding carboxylic acids is 1. The first kappa shape index (κ1) is 16.8. The summed E-state index contributed by atoms with van der Waals surface area (Å²) in [4.78, 5) is 14.6. The minimum absolute atomic E-state index is 0.125. The predicted molar refractivity (Wildman–Crippen MR) is 91.2 cm³/mol. The Kier molecular flexibility index (Phi) is 5.03. The van der Waals surface area contributed by atoms with Crippen LogP contribution in [0.1, 0.15) is 33.1 Å². The lowest BCUT2D eigenvalue weighted by Crippen LogP contribution is -2.48. The van der Waals surface area contributed by atoms with Crippen LogP contribution in [0.3, 0.4) is 0 Å². The number of hydrogen-bond acceptors (Lipinski definition) is 6. The number of nitrogens with zero attached hydrogens (tertiary/aromatic N) is 5. The van der Waals surface area contributed by atoms with E-state index in [9.17, 15) is 9.90 Å². The Morgan fingerprint density at radius 3 is 2.58 bits per heavy atom. The van der Waals surface area contributed by atoms with E-state index < -0.39 is 0 Å². The van der Waals surface area contributed by atoms with Gasteiger partial charge in [0.25, 0.3) is 0 Å². The van der Waals surface area contributed by atoms with Crippen LogP contribution in [-0.2, 0) is 4.79 Å². The average molecular weight is 347 g/mol. The third-order valence-electron chi connectivity index (χ3n) is 4.34. The molecule has 0 aliphatic carbocycles. The third kappa shape index (κ3) is 3.53. The molecule has 1 amide bonds. The lowest BCUT2D eigenvalue weighted by Gasteiger charge is -2.39. The average Bonchev–Trinajstić information content (AvgIpc) is 3.02. The van der Waals surface area contributed by atoms with Crippen molar-refractivity contribution in [3.8, 4) is 11.4 Å². The van der Waals surface area contributed by atoms with E-state index in [1.54, 1.807) is 28.9 Å². The largest absolute Gasteiger partial charge is 0.508 e. The highest BCUT2D eigenvalue weighted by Crippen LogP contribution is 2.25. The first-order valence-corrected chi connectivity index (χ1v) is 9.06. The number of benzene rings is 1. The Balaban J connectivity index is 1.68. The van der Waals surface area contributed by atoms with Crippen molar-refractivity contribution < 1.29 is 9.90 Å².